The van der Waals surface area contributed by atoms with Crippen molar-refractivity contribution < 1.29 is 4.79 Å². The Morgan fingerprint density at radius 1 is 1.33 bits per heavy atom. The predicted octanol–water partition coefficient (Wildman–Crippen LogP) is 2.99. The van der Waals surface area contributed by atoms with Crippen LogP contribution in [0.25, 0.3) is 0 Å². The molecule has 4 rings (SSSR count). The normalized spacial score (nSPS) is 17.6. The van der Waals surface area contributed by atoms with Gasteiger partial charge in [-0.15, -0.1) is 0 Å². The molecular formula is C24H32N8O. The van der Waals surface area contributed by atoms with Crippen LogP contribution in [-0.4, -0.2) is 58.6 Å². The molecule has 4 heterocycles. The molecule has 2 aromatic rings. The van der Waals surface area contributed by atoms with Gasteiger partial charge in [-0.3, -0.25) is 20.5 Å². The van der Waals surface area contributed by atoms with Gasteiger partial charge in [-0.25, -0.2) is 9.97 Å². The van der Waals surface area contributed by atoms with Crippen LogP contribution in [0.5, 0.6) is 0 Å². The van der Waals surface area contributed by atoms with Crippen molar-refractivity contribution in [3.8, 4) is 0 Å². The average Bonchev–Trinajstić information content (AvgIpc) is 3.37. The monoisotopic (exact) mass is 448 g/mol. The number of hydrogen-bond donors (Lipinski definition) is 3. The first kappa shape index (κ1) is 22.8. The number of hydrogen-bond acceptors (Lipinski definition) is 7. The van der Waals surface area contributed by atoms with Crippen LogP contribution in [-0.2, 0) is 13.1 Å². The Balaban J connectivity index is 1.68. The van der Waals surface area contributed by atoms with E-state index in [0.717, 1.165) is 42.8 Å². The highest BCUT2D eigenvalue weighted by atomic mass is 16.2. The van der Waals surface area contributed by atoms with E-state index in [1.807, 2.05) is 27.0 Å². The second kappa shape index (κ2) is 9.27. The molecule has 2 aliphatic rings. The van der Waals surface area contributed by atoms with Gasteiger partial charge in [-0.2, -0.15) is 0 Å². The molecule has 0 radical (unpaired) electrons. The number of aromatic nitrogens is 2. The maximum atomic E-state index is 13.5. The van der Waals surface area contributed by atoms with Gasteiger partial charge in [0.05, 0.1) is 24.1 Å². The van der Waals surface area contributed by atoms with Gasteiger partial charge in [0, 0.05) is 30.7 Å². The van der Waals surface area contributed by atoms with Crippen molar-refractivity contribution in [2.45, 2.75) is 58.8 Å². The van der Waals surface area contributed by atoms with E-state index in [1.54, 1.807) is 23.1 Å². The summed E-state index contributed by atoms with van der Waals surface area (Å²) in [6, 6.07) is 7.63. The molecule has 1 fully saturated rings. The molecule has 3 N–H and O–H groups in total. The molecule has 0 bridgehead atoms. The highest BCUT2D eigenvalue weighted by Gasteiger charge is 2.34. The maximum Gasteiger partial charge on any atom is 0.260 e. The summed E-state index contributed by atoms with van der Waals surface area (Å²) in [6.07, 6.45) is 3.40. The minimum atomic E-state index is -0.0956. The van der Waals surface area contributed by atoms with Crippen LogP contribution in [0.2, 0.25) is 0 Å². The lowest BCUT2D eigenvalue weighted by Gasteiger charge is -2.24. The van der Waals surface area contributed by atoms with E-state index in [-0.39, 0.29) is 17.8 Å². The molecule has 174 valence electrons. The lowest BCUT2D eigenvalue weighted by molar-refractivity contribution is 0.0996. The number of carbonyl (C=O) groups is 1. The zero-order valence-corrected chi connectivity index (χ0v) is 19.7. The fraction of sp³-hybridized carbons (Fsp3) is 0.458. The highest BCUT2D eigenvalue weighted by Crippen LogP contribution is 2.33. The zero-order chi connectivity index (χ0) is 23.7. The molecule has 9 nitrogen and oxygen atoms in total. The van der Waals surface area contributed by atoms with Crippen molar-refractivity contribution in [1.29, 1.82) is 10.8 Å². The molecule has 1 saturated heterocycles. The van der Waals surface area contributed by atoms with Crippen molar-refractivity contribution in [2.24, 2.45) is 0 Å². The average molecular weight is 449 g/mol. The molecule has 2 aliphatic heterocycles. The van der Waals surface area contributed by atoms with Gasteiger partial charge in [-0.1, -0.05) is 6.07 Å². The molecule has 0 aliphatic carbocycles. The fourth-order valence-electron chi connectivity index (χ4n) is 4.58. The van der Waals surface area contributed by atoms with Gasteiger partial charge < -0.3 is 15.1 Å². The number of amidine groups is 1. The van der Waals surface area contributed by atoms with Crippen LogP contribution >= 0.6 is 0 Å². The fourth-order valence-corrected chi connectivity index (χ4v) is 4.58. The van der Waals surface area contributed by atoms with Crippen molar-refractivity contribution in [2.75, 3.05) is 23.4 Å². The summed E-state index contributed by atoms with van der Waals surface area (Å²) in [5, 5.41) is 19.3. The number of fused-ring (bicyclic) bond motifs is 1. The smallest absolute Gasteiger partial charge is 0.260 e. The van der Waals surface area contributed by atoms with Gasteiger partial charge in [0.1, 0.15) is 17.3 Å². The molecule has 1 atom stereocenters. The summed E-state index contributed by atoms with van der Waals surface area (Å²) in [5.74, 6) is 1.40. The number of nitrogens with zero attached hydrogens (tertiary/aromatic N) is 5. The third kappa shape index (κ3) is 4.20. The van der Waals surface area contributed by atoms with Crippen LogP contribution in [0, 0.1) is 10.8 Å². The number of amides is 1. The van der Waals surface area contributed by atoms with Gasteiger partial charge in [0.2, 0.25) is 0 Å². The number of pyridine rings is 2. The third-order valence-electron chi connectivity index (χ3n) is 6.39. The topological polar surface area (TPSA) is 112 Å². The lowest BCUT2D eigenvalue weighted by Crippen LogP contribution is -2.36. The minimum absolute atomic E-state index is 0.0419. The molecule has 1 amide bonds. The third-order valence-corrected chi connectivity index (χ3v) is 6.39. The summed E-state index contributed by atoms with van der Waals surface area (Å²) >= 11 is 0. The number of nitrogens with one attached hydrogen (secondary N) is 3. The Hall–Kier alpha value is -3.33. The maximum absolute atomic E-state index is 13.5. The van der Waals surface area contributed by atoms with Crippen molar-refractivity contribution in [3.05, 3.63) is 46.8 Å². The first-order chi connectivity index (χ1) is 15.8. The Morgan fingerprint density at radius 2 is 2.12 bits per heavy atom. The summed E-state index contributed by atoms with van der Waals surface area (Å²) in [4.78, 5) is 28.5. The van der Waals surface area contributed by atoms with Crippen LogP contribution in [0.15, 0.2) is 24.3 Å². The molecule has 33 heavy (non-hydrogen) atoms. The molecule has 0 spiro atoms. The van der Waals surface area contributed by atoms with Gasteiger partial charge in [0.25, 0.3) is 5.91 Å². The second-order valence-corrected chi connectivity index (χ2v) is 8.92. The largest absolute Gasteiger partial charge is 0.354 e. The number of carbonyl (C=O) groups excluding carboxylic acids is 1. The molecular weight excluding hydrogens is 416 g/mol. The SMILES string of the molecule is CNCc1nc(N2CCCC2C)cc2c1CN(c1cccc(C(=N)N(C=N)C(C)C)n1)C2=O. The number of rotatable bonds is 7. The van der Waals surface area contributed by atoms with Crippen LogP contribution in [0.4, 0.5) is 11.6 Å². The Kier molecular flexibility index (Phi) is 6.42. The summed E-state index contributed by atoms with van der Waals surface area (Å²) in [5.41, 5.74) is 2.91. The first-order valence-electron chi connectivity index (χ1n) is 11.5. The van der Waals surface area contributed by atoms with Gasteiger partial charge in [-0.05, 0) is 58.9 Å². The Morgan fingerprint density at radius 3 is 2.76 bits per heavy atom. The molecule has 1 unspecified atom stereocenters. The van der Waals surface area contributed by atoms with Crippen LogP contribution < -0.4 is 15.1 Å². The number of anilines is 2. The van der Waals surface area contributed by atoms with E-state index in [4.69, 9.17) is 15.8 Å². The van der Waals surface area contributed by atoms with Crippen molar-refractivity contribution in [1.82, 2.24) is 20.2 Å². The highest BCUT2D eigenvalue weighted by molar-refractivity contribution is 6.10. The predicted molar refractivity (Wildman–Crippen MR) is 130 cm³/mol. The molecule has 9 heteroatoms. The molecule has 0 aromatic carbocycles. The standard InChI is InChI=1S/C24H32N8O/c1-15(2)32(14-25)23(26)19-8-5-9-21(28-19)31-13-18-17(24(31)33)11-22(29-20(18)12-27-4)30-10-6-7-16(30)3/h5,8-9,11,14-16,25-27H,6-7,10,12-13H2,1-4H3. The summed E-state index contributed by atoms with van der Waals surface area (Å²) in [6.45, 7) is 7.97. The second-order valence-electron chi connectivity index (χ2n) is 8.92. The minimum Gasteiger partial charge on any atom is -0.354 e. The summed E-state index contributed by atoms with van der Waals surface area (Å²) < 4.78 is 0. The van der Waals surface area contributed by atoms with E-state index in [0.29, 0.717) is 36.2 Å². The summed E-state index contributed by atoms with van der Waals surface area (Å²) in [7, 11) is 1.88. The Labute approximate surface area is 194 Å². The van der Waals surface area contributed by atoms with Gasteiger partial charge in [0.15, 0.2) is 5.84 Å². The zero-order valence-electron chi connectivity index (χ0n) is 19.7. The van der Waals surface area contributed by atoms with Crippen molar-refractivity contribution >= 4 is 29.7 Å². The molecule has 2 aromatic heterocycles. The van der Waals surface area contributed by atoms with E-state index in [9.17, 15) is 4.79 Å². The van der Waals surface area contributed by atoms with Crippen LogP contribution in [0.1, 0.15) is 60.9 Å². The molecule has 0 saturated carbocycles. The Bertz CT molecular complexity index is 1080. The van der Waals surface area contributed by atoms with Crippen molar-refractivity contribution in [3.63, 3.8) is 0 Å². The van der Waals surface area contributed by atoms with E-state index >= 15 is 0 Å². The quantitative estimate of drug-likeness (QED) is 0.443. The van der Waals surface area contributed by atoms with E-state index in [2.05, 4.69) is 22.1 Å². The van der Waals surface area contributed by atoms with Crippen LogP contribution in [0.3, 0.4) is 0 Å². The van der Waals surface area contributed by atoms with E-state index in [1.165, 1.54) is 4.90 Å². The lowest BCUT2D eigenvalue weighted by atomic mass is 10.1. The first-order valence-corrected chi connectivity index (χ1v) is 11.5. The van der Waals surface area contributed by atoms with E-state index < -0.39 is 0 Å². The van der Waals surface area contributed by atoms with Gasteiger partial charge >= 0.3 is 0 Å².